The second-order valence-corrected chi connectivity index (χ2v) is 4.03. The highest BCUT2D eigenvalue weighted by Gasteiger charge is 2.58. The molecule has 2 fully saturated rings. The summed E-state index contributed by atoms with van der Waals surface area (Å²) < 4.78 is 6.79. The van der Waals surface area contributed by atoms with Gasteiger partial charge in [0, 0.05) is 13.0 Å². The van der Waals surface area contributed by atoms with Gasteiger partial charge in [0.15, 0.2) is 5.78 Å². The van der Waals surface area contributed by atoms with Crippen molar-refractivity contribution >= 4 is 5.78 Å². The van der Waals surface area contributed by atoms with Gasteiger partial charge < -0.3 is 4.74 Å². The van der Waals surface area contributed by atoms with Crippen LogP contribution < -0.4 is 0 Å². The van der Waals surface area contributed by atoms with Crippen LogP contribution in [0.5, 0.6) is 0 Å². The Hall–Kier alpha value is -1.23. The zero-order chi connectivity index (χ0) is 9.71. The van der Waals surface area contributed by atoms with Gasteiger partial charge in [0.25, 0.3) is 0 Å². The number of nitrogens with zero attached hydrogens (tertiary/aromatic N) is 3. The molecule has 74 valence electrons. The summed E-state index contributed by atoms with van der Waals surface area (Å²) in [5.74, 6) is 1.19. The predicted octanol–water partition coefficient (Wildman–Crippen LogP) is -0.110. The number of carbonyl (C=O) groups excluding carboxylic acids is 1. The van der Waals surface area contributed by atoms with E-state index in [0.717, 1.165) is 13.2 Å². The third-order valence-electron chi connectivity index (χ3n) is 3.11. The number of ether oxygens (including phenoxy) is 1. The van der Waals surface area contributed by atoms with E-state index in [1.54, 1.807) is 17.9 Å². The summed E-state index contributed by atoms with van der Waals surface area (Å²) in [6.45, 7) is 1.47. The average molecular weight is 193 g/mol. The second-order valence-electron chi connectivity index (χ2n) is 4.03. The van der Waals surface area contributed by atoms with Crippen molar-refractivity contribution in [3.05, 3.63) is 11.9 Å². The van der Waals surface area contributed by atoms with E-state index in [1.165, 1.54) is 0 Å². The fraction of sp³-hybridized carbons (Fsp3) is 0.667. The van der Waals surface area contributed by atoms with E-state index in [9.17, 15) is 4.79 Å². The summed E-state index contributed by atoms with van der Waals surface area (Å²) in [5.41, 5.74) is 0.493. The van der Waals surface area contributed by atoms with Crippen LogP contribution in [0, 0.1) is 17.8 Å². The van der Waals surface area contributed by atoms with Crippen molar-refractivity contribution in [2.75, 3.05) is 13.2 Å². The Morgan fingerprint density at radius 3 is 2.86 bits per heavy atom. The molecule has 0 N–H and O–H groups in total. The topological polar surface area (TPSA) is 57.0 Å². The number of aromatic nitrogens is 3. The van der Waals surface area contributed by atoms with Gasteiger partial charge in [-0.25, -0.2) is 0 Å². The molecule has 5 heteroatoms. The summed E-state index contributed by atoms with van der Waals surface area (Å²) >= 11 is 0. The maximum absolute atomic E-state index is 11.9. The van der Waals surface area contributed by atoms with Crippen LogP contribution >= 0.6 is 0 Å². The molecule has 1 aromatic rings. The van der Waals surface area contributed by atoms with Crippen LogP contribution in [0.3, 0.4) is 0 Å². The molecule has 1 saturated heterocycles. The standard InChI is InChI=1S/C9H11N3O2/c1-12-2-7(10-11-12)9(13)8-5-3-14-4-6(5)8/h2,5-6,8H,3-4H2,1H3. The summed E-state index contributed by atoms with van der Waals surface area (Å²) in [6.07, 6.45) is 1.68. The quantitative estimate of drug-likeness (QED) is 0.615. The van der Waals surface area contributed by atoms with Gasteiger partial charge >= 0.3 is 0 Å². The lowest BCUT2D eigenvalue weighted by molar-refractivity contribution is 0.0888. The van der Waals surface area contributed by atoms with Gasteiger partial charge in [-0.3, -0.25) is 9.48 Å². The molecule has 0 aromatic carbocycles. The summed E-state index contributed by atoms with van der Waals surface area (Å²) in [6, 6.07) is 0. The average Bonchev–Trinajstić information content (AvgIpc) is 2.56. The minimum Gasteiger partial charge on any atom is -0.381 e. The number of Topliss-reactive ketones (excluding diaryl/α,β-unsaturated/α-hetero) is 1. The maximum atomic E-state index is 11.9. The van der Waals surface area contributed by atoms with Crippen molar-refractivity contribution in [2.24, 2.45) is 24.8 Å². The number of rotatable bonds is 2. The number of fused-ring (bicyclic) bond motifs is 1. The first-order valence-electron chi connectivity index (χ1n) is 4.75. The van der Waals surface area contributed by atoms with Gasteiger partial charge in [0.2, 0.25) is 0 Å². The van der Waals surface area contributed by atoms with Crippen LogP contribution in [-0.4, -0.2) is 34.0 Å². The van der Waals surface area contributed by atoms with Crippen molar-refractivity contribution in [3.63, 3.8) is 0 Å². The number of hydrogen-bond donors (Lipinski definition) is 0. The maximum Gasteiger partial charge on any atom is 0.188 e. The van der Waals surface area contributed by atoms with Crippen LogP contribution in [0.1, 0.15) is 10.5 Å². The van der Waals surface area contributed by atoms with E-state index in [-0.39, 0.29) is 11.7 Å². The van der Waals surface area contributed by atoms with Crippen LogP contribution in [0.25, 0.3) is 0 Å². The first kappa shape index (κ1) is 8.11. The van der Waals surface area contributed by atoms with E-state index in [1.807, 2.05) is 0 Å². The Balaban J connectivity index is 1.78. The first-order valence-corrected chi connectivity index (χ1v) is 4.75. The smallest absolute Gasteiger partial charge is 0.188 e. The highest BCUT2D eigenvalue weighted by Crippen LogP contribution is 2.51. The molecule has 3 rings (SSSR count). The van der Waals surface area contributed by atoms with E-state index < -0.39 is 0 Å². The number of carbonyl (C=O) groups is 1. The van der Waals surface area contributed by atoms with Crippen molar-refractivity contribution < 1.29 is 9.53 Å². The third kappa shape index (κ3) is 1.02. The number of ketones is 1. The zero-order valence-electron chi connectivity index (χ0n) is 7.88. The SMILES string of the molecule is Cn1cc(C(=O)C2C3COCC32)nn1. The van der Waals surface area contributed by atoms with Crippen molar-refractivity contribution in [1.82, 2.24) is 15.0 Å². The highest BCUT2D eigenvalue weighted by atomic mass is 16.5. The third-order valence-corrected chi connectivity index (χ3v) is 3.11. The van der Waals surface area contributed by atoms with E-state index >= 15 is 0 Å². The van der Waals surface area contributed by atoms with Crippen LogP contribution in [0.2, 0.25) is 0 Å². The van der Waals surface area contributed by atoms with Crippen molar-refractivity contribution in [3.8, 4) is 0 Å². The normalized spacial score (nSPS) is 34.2. The Kier molecular flexibility index (Phi) is 1.53. The van der Waals surface area contributed by atoms with Gasteiger partial charge in [0.05, 0.1) is 19.4 Å². The molecule has 1 aliphatic carbocycles. The number of hydrogen-bond acceptors (Lipinski definition) is 4. The molecule has 0 radical (unpaired) electrons. The van der Waals surface area contributed by atoms with Gasteiger partial charge in [-0.15, -0.1) is 5.10 Å². The summed E-state index contributed by atoms with van der Waals surface area (Å²) in [5, 5.41) is 7.58. The Bertz CT molecular complexity index is 377. The molecular formula is C9H11N3O2. The zero-order valence-corrected chi connectivity index (χ0v) is 7.88. The van der Waals surface area contributed by atoms with Crippen LogP contribution in [-0.2, 0) is 11.8 Å². The molecule has 5 nitrogen and oxygen atoms in total. The van der Waals surface area contributed by atoms with Gasteiger partial charge in [-0.05, 0) is 11.8 Å². The lowest BCUT2D eigenvalue weighted by atomic mass is 10.1. The lowest BCUT2D eigenvalue weighted by Gasteiger charge is -1.99. The molecule has 2 aliphatic rings. The molecule has 0 amide bonds. The van der Waals surface area contributed by atoms with Gasteiger partial charge in [-0.2, -0.15) is 0 Å². The fourth-order valence-electron chi connectivity index (χ4n) is 2.26. The van der Waals surface area contributed by atoms with Crippen molar-refractivity contribution in [2.45, 2.75) is 0 Å². The Morgan fingerprint density at radius 1 is 1.57 bits per heavy atom. The largest absolute Gasteiger partial charge is 0.381 e. The molecule has 2 heterocycles. The molecule has 0 bridgehead atoms. The monoisotopic (exact) mass is 193 g/mol. The molecule has 2 unspecified atom stereocenters. The molecule has 1 aromatic heterocycles. The number of aryl methyl sites for hydroxylation is 1. The molecule has 2 atom stereocenters. The highest BCUT2D eigenvalue weighted by molar-refractivity contribution is 5.98. The molecular weight excluding hydrogens is 182 g/mol. The summed E-state index contributed by atoms with van der Waals surface area (Å²) in [4.78, 5) is 11.9. The first-order chi connectivity index (χ1) is 6.77. The molecule has 14 heavy (non-hydrogen) atoms. The Labute approximate surface area is 81.0 Å². The van der Waals surface area contributed by atoms with Crippen LogP contribution in [0.4, 0.5) is 0 Å². The Morgan fingerprint density at radius 2 is 2.29 bits per heavy atom. The van der Waals surface area contributed by atoms with Gasteiger partial charge in [0.1, 0.15) is 5.69 Å². The summed E-state index contributed by atoms with van der Waals surface area (Å²) in [7, 11) is 1.76. The van der Waals surface area contributed by atoms with E-state index in [2.05, 4.69) is 10.3 Å². The van der Waals surface area contributed by atoms with Gasteiger partial charge in [-0.1, -0.05) is 5.21 Å². The minimum absolute atomic E-state index is 0.136. The van der Waals surface area contributed by atoms with Crippen LogP contribution in [0.15, 0.2) is 6.20 Å². The van der Waals surface area contributed by atoms with E-state index in [4.69, 9.17) is 4.74 Å². The molecule has 0 spiro atoms. The second kappa shape index (κ2) is 2.63. The molecule has 1 aliphatic heterocycles. The van der Waals surface area contributed by atoms with E-state index in [0.29, 0.717) is 17.5 Å². The van der Waals surface area contributed by atoms with Crippen molar-refractivity contribution in [1.29, 1.82) is 0 Å². The lowest BCUT2D eigenvalue weighted by Crippen LogP contribution is -2.10. The molecule has 1 saturated carbocycles. The predicted molar refractivity (Wildman–Crippen MR) is 46.6 cm³/mol. The minimum atomic E-state index is 0.136. The fourth-order valence-corrected chi connectivity index (χ4v) is 2.26.